The molecule has 2 aromatic rings. The fraction of sp³-hybridized carbons (Fsp3) is 0.188. The third-order valence-corrected chi connectivity index (χ3v) is 4.25. The molecule has 0 saturated carbocycles. The number of carbonyl (C=O) groups is 1. The second kappa shape index (κ2) is 6.16. The van der Waals surface area contributed by atoms with Gasteiger partial charge in [-0.2, -0.15) is 13.2 Å². The minimum absolute atomic E-state index is 0.0103. The average Bonchev–Trinajstić information content (AvgIpc) is 2.54. The van der Waals surface area contributed by atoms with Gasteiger partial charge in [0.05, 0.1) is 5.56 Å². The van der Waals surface area contributed by atoms with Crippen molar-refractivity contribution in [2.75, 3.05) is 13.2 Å². The van der Waals surface area contributed by atoms with Crippen molar-refractivity contribution in [2.45, 2.75) is 16.0 Å². The lowest BCUT2D eigenvalue weighted by molar-refractivity contribution is -0.139. The van der Waals surface area contributed by atoms with E-state index in [1.54, 1.807) is 18.2 Å². The predicted octanol–water partition coefficient (Wildman–Crippen LogP) is 4.44. The molecule has 1 aliphatic rings. The number of halogens is 3. The Balaban J connectivity index is 1.95. The Morgan fingerprint density at radius 1 is 1.00 bits per heavy atom. The van der Waals surface area contributed by atoms with E-state index in [0.717, 1.165) is 17.8 Å². The lowest BCUT2D eigenvalue weighted by atomic mass is 10.1. The second-order valence-electron chi connectivity index (χ2n) is 4.78. The van der Waals surface area contributed by atoms with E-state index in [9.17, 15) is 18.0 Å². The maximum atomic E-state index is 13.2. The van der Waals surface area contributed by atoms with Crippen molar-refractivity contribution in [1.82, 2.24) is 0 Å². The molecule has 0 bridgehead atoms. The van der Waals surface area contributed by atoms with Crippen LogP contribution in [0, 0.1) is 0 Å². The first-order valence-corrected chi connectivity index (χ1v) is 7.53. The highest BCUT2D eigenvalue weighted by atomic mass is 32.2. The molecule has 120 valence electrons. The van der Waals surface area contributed by atoms with Crippen molar-refractivity contribution in [3.8, 4) is 11.5 Å². The fourth-order valence-electron chi connectivity index (χ4n) is 2.15. The molecule has 0 radical (unpaired) electrons. The van der Waals surface area contributed by atoms with Crippen molar-refractivity contribution in [1.29, 1.82) is 0 Å². The van der Waals surface area contributed by atoms with Crippen LogP contribution in [0.1, 0.15) is 15.9 Å². The van der Waals surface area contributed by atoms with E-state index in [1.165, 1.54) is 12.1 Å². The first kappa shape index (κ1) is 15.7. The predicted molar refractivity (Wildman–Crippen MR) is 78.4 cm³/mol. The zero-order valence-corrected chi connectivity index (χ0v) is 12.5. The second-order valence-corrected chi connectivity index (χ2v) is 5.89. The maximum absolute atomic E-state index is 13.2. The van der Waals surface area contributed by atoms with E-state index in [4.69, 9.17) is 9.47 Å². The molecule has 3 rings (SSSR count). The van der Waals surface area contributed by atoms with Crippen LogP contribution >= 0.6 is 11.8 Å². The zero-order chi connectivity index (χ0) is 16.4. The Morgan fingerprint density at radius 3 is 2.43 bits per heavy atom. The lowest BCUT2D eigenvalue weighted by Gasteiger charge is -2.19. The first-order chi connectivity index (χ1) is 11.0. The zero-order valence-electron chi connectivity index (χ0n) is 11.7. The standard InChI is InChI=1S/C16H11F3O3S/c17-16(18,19)12-7-10(9-20)1-4-15(12)23-11-2-3-13-14(8-11)22-6-5-21-13/h1-4,7-9H,5-6H2. The molecule has 2 aromatic carbocycles. The minimum atomic E-state index is -4.53. The summed E-state index contributed by atoms with van der Waals surface area (Å²) in [7, 11) is 0. The molecule has 23 heavy (non-hydrogen) atoms. The Labute approximate surface area is 134 Å². The van der Waals surface area contributed by atoms with Crippen molar-refractivity contribution in [3.63, 3.8) is 0 Å². The van der Waals surface area contributed by atoms with Gasteiger partial charge in [0.1, 0.15) is 19.5 Å². The molecule has 0 aliphatic carbocycles. The number of ether oxygens (including phenoxy) is 2. The van der Waals surface area contributed by atoms with E-state index in [-0.39, 0.29) is 10.5 Å². The van der Waals surface area contributed by atoms with Gasteiger partial charge in [0.25, 0.3) is 0 Å². The van der Waals surface area contributed by atoms with Crippen molar-refractivity contribution < 1.29 is 27.4 Å². The van der Waals surface area contributed by atoms with Crippen LogP contribution in [-0.2, 0) is 6.18 Å². The summed E-state index contributed by atoms with van der Waals surface area (Å²) in [5, 5.41) is 0. The van der Waals surface area contributed by atoms with E-state index < -0.39 is 11.7 Å². The monoisotopic (exact) mass is 340 g/mol. The van der Waals surface area contributed by atoms with Gasteiger partial charge in [-0.15, -0.1) is 0 Å². The largest absolute Gasteiger partial charge is 0.486 e. The Kier molecular flexibility index (Phi) is 4.21. The number of benzene rings is 2. The molecule has 0 atom stereocenters. The van der Waals surface area contributed by atoms with Crippen LogP contribution in [-0.4, -0.2) is 19.5 Å². The normalized spacial score (nSPS) is 13.7. The third kappa shape index (κ3) is 3.44. The van der Waals surface area contributed by atoms with Crippen LogP contribution < -0.4 is 9.47 Å². The van der Waals surface area contributed by atoms with Gasteiger partial charge < -0.3 is 9.47 Å². The van der Waals surface area contributed by atoms with E-state index >= 15 is 0 Å². The van der Waals surface area contributed by atoms with Gasteiger partial charge >= 0.3 is 6.18 Å². The smallest absolute Gasteiger partial charge is 0.417 e. The maximum Gasteiger partial charge on any atom is 0.417 e. The number of alkyl halides is 3. The summed E-state index contributed by atoms with van der Waals surface area (Å²) in [6, 6.07) is 8.51. The fourth-order valence-corrected chi connectivity index (χ4v) is 3.12. The number of hydrogen-bond donors (Lipinski definition) is 0. The van der Waals surface area contributed by atoms with E-state index in [0.29, 0.717) is 35.9 Å². The SMILES string of the molecule is O=Cc1ccc(Sc2ccc3c(c2)OCCO3)c(C(F)(F)F)c1. The van der Waals surface area contributed by atoms with Gasteiger partial charge in [-0.25, -0.2) is 0 Å². The highest BCUT2D eigenvalue weighted by molar-refractivity contribution is 7.99. The van der Waals surface area contributed by atoms with Gasteiger partial charge in [-0.3, -0.25) is 4.79 Å². The quantitative estimate of drug-likeness (QED) is 0.774. The Hall–Kier alpha value is -2.15. The van der Waals surface area contributed by atoms with Gasteiger partial charge in [0.2, 0.25) is 0 Å². The molecule has 1 aliphatic heterocycles. The van der Waals surface area contributed by atoms with Crippen LogP contribution in [0.3, 0.4) is 0 Å². The highest BCUT2D eigenvalue weighted by Gasteiger charge is 2.34. The number of fused-ring (bicyclic) bond motifs is 1. The Bertz CT molecular complexity index is 744. The summed E-state index contributed by atoms with van der Waals surface area (Å²) < 4.78 is 50.3. The molecular formula is C16H11F3O3S. The summed E-state index contributed by atoms with van der Waals surface area (Å²) in [4.78, 5) is 11.3. The summed E-state index contributed by atoms with van der Waals surface area (Å²) in [6.45, 7) is 0.855. The van der Waals surface area contributed by atoms with Crippen molar-refractivity contribution in [2.24, 2.45) is 0 Å². The number of hydrogen-bond acceptors (Lipinski definition) is 4. The number of rotatable bonds is 3. The highest BCUT2D eigenvalue weighted by Crippen LogP contribution is 2.42. The molecule has 0 N–H and O–H groups in total. The molecule has 0 spiro atoms. The van der Waals surface area contributed by atoms with Crippen LogP contribution in [0.25, 0.3) is 0 Å². The molecule has 0 unspecified atom stereocenters. The molecular weight excluding hydrogens is 329 g/mol. The van der Waals surface area contributed by atoms with E-state index in [1.807, 2.05) is 0 Å². The summed E-state index contributed by atoms with van der Waals surface area (Å²) in [5.74, 6) is 1.09. The average molecular weight is 340 g/mol. The minimum Gasteiger partial charge on any atom is -0.486 e. The van der Waals surface area contributed by atoms with Gasteiger partial charge in [-0.05, 0) is 30.3 Å². The van der Waals surface area contributed by atoms with Crippen LogP contribution in [0.5, 0.6) is 11.5 Å². The molecule has 0 aromatic heterocycles. The molecule has 0 saturated heterocycles. The topological polar surface area (TPSA) is 35.5 Å². The summed E-state index contributed by atoms with van der Waals surface area (Å²) in [6.07, 6.45) is -4.14. The summed E-state index contributed by atoms with van der Waals surface area (Å²) in [5.41, 5.74) is -0.842. The number of aldehydes is 1. The van der Waals surface area contributed by atoms with Gasteiger partial charge in [-0.1, -0.05) is 17.8 Å². The molecule has 3 nitrogen and oxygen atoms in total. The molecule has 0 amide bonds. The Morgan fingerprint density at radius 2 is 1.74 bits per heavy atom. The molecule has 0 fully saturated rings. The molecule has 7 heteroatoms. The van der Waals surface area contributed by atoms with Gasteiger partial charge in [0, 0.05) is 15.4 Å². The lowest BCUT2D eigenvalue weighted by Crippen LogP contribution is -2.15. The van der Waals surface area contributed by atoms with Crippen LogP contribution in [0.15, 0.2) is 46.2 Å². The van der Waals surface area contributed by atoms with Gasteiger partial charge in [0.15, 0.2) is 11.5 Å². The van der Waals surface area contributed by atoms with Crippen LogP contribution in [0.2, 0.25) is 0 Å². The first-order valence-electron chi connectivity index (χ1n) is 6.71. The number of carbonyl (C=O) groups excluding carboxylic acids is 1. The van der Waals surface area contributed by atoms with Crippen LogP contribution in [0.4, 0.5) is 13.2 Å². The third-order valence-electron chi connectivity index (χ3n) is 3.19. The summed E-state index contributed by atoms with van der Waals surface area (Å²) >= 11 is 0.962. The van der Waals surface area contributed by atoms with Crippen molar-refractivity contribution >= 4 is 18.0 Å². The molecule has 1 heterocycles. The van der Waals surface area contributed by atoms with E-state index in [2.05, 4.69) is 0 Å². The van der Waals surface area contributed by atoms with Crippen molar-refractivity contribution in [3.05, 3.63) is 47.5 Å².